The van der Waals surface area contributed by atoms with Crippen LogP contribution in [0.2, 0.25) is 0 Å². The van der Waals surface area contributed by atoms with E-state index in [2.05, 4.69) is 5.32 Å². The van der Waals surface area contributed by atoms with Gasteiger partial charge in [0, 0.05) is 18.7 Å². The number of benzene rings is 1. The lowest BCUT2D eigenvalue weighted by Crippen LogP contribution is -2.41. The van der Waals surface area contributed by atoms with Gasteiger partial charge in [-0.1, -0.05) is 37.5 Å². The van der Waals surface area contributed by atoms with E-state index in [1.807, 2.05) is 6.07 Å². The first-order chi connectivity index (χ1) is 8.20. The molecule has 0 heterocycles. The molecule has 1 saturated carbocycles. The summed E-state index contributed by atoms with van der Waals surface area (Å²) in [6.45, 7) is 1.04. The maximum absolute atomic E-state index is 13.3. The van der Waals surface area contributed by atoms with Crippen LogP contribution in [0.4, 0.5) is 4.39 Å². The van der Waals surface area contributed by atoms with Gasteiger partial charge in [-0.05, 0) is 18.9 Å². The number of nitrogens with one attached hydrogen (secondary N) is 1. The van der Waals surface area contributed by atoms with Crippen LogP contribution < -0.4 is 5.32 Å². The Balaban J connectivity index is 1.81. The van der Waals surface area contributed by atoms with E-state index in [0.29, 0.717) is 18.7 Å². The van der Waals surface area contributed by atoms with Crippen LogP contribution in [0.15, 0.2) is 24.3 Å². The maximum Gasteiger partial charge on any atom is 0.127 e. The summed E-state index contributed by atoms with van der Waals surface area (Å²) in [5.41, 5.74) is 0.0793. The molecule has 3 heteroatoms. The SMILES string of the molecule is OC1(CNCc2ccccc2F)CCCCC1. The molecule has 0 unspecified atom stereocenters. The maximum atomic E-state index is 13.3. The van der Waals surface area contributed by atoms with Crippen molar-refractivity contribution in [3.63, 3.8) is 0 Å². The van der Waals surface area contributed by atoms with Gasteiger partial charge in [-0.25, -0.2) is 4.39 Å². The fraction of sp³-hybridized carbons (Fsp3) is 0.571. The highest BCUT2D eigenvalue weighted by atomic mass is 19.1. The first-order valence-corrected chi connectivity index (χ1v) is 6.36. The zero-order valence-electron chi connectivity index (χ0n) is 10.1. The second kappa shape index (κ2) is 5.61. The highest BCUT2D eigenvalue weighted by molar-refractivity contribution is 5.16. The molecule has 1 aliphatic carbocycles. The van der Waals surface area contributed by atoms with Crippen LogP contribution in [-0.4, -0.2) is 17.3 Å². The van der Waals surface area contributed by atoms with Crippen molar-refractivity contribution in [2.75, 3.05) is 6.54 Å². The van der Waals surface area contributed by atoms with Crippen LogP contribution in [0.5, 0.6) is 0 Å². The third-order valence-corrected chi connectivity index (χ3v) is 3.51. The van der Waals surface area contributed by atoms with E-state index in [1.165, 1.54) is 12.5 Å². The van der Waals surface area contributed by atoms with E-state index in [-0.39, 0.29) is 5.82 Å². The molecular weight excluding hydrogens is 217 g/mol. The van der Waals surface area contributed by atoms with Gasteiger partial charge < -0.3 is 10.4 Å². The van der Waals surface area contributed by atoms with Crippen molar-refractivity contribution in [1.29, 1.82) is 0 Å². The molecule has 94 valence electrons. The molecule has 2 N–H and O–H groups in total. The molecule has 0 aromatic heterocycles. The molecule has 0 amide bonds. The fourth-order valence-corrected chi connectivity index (χ4v) is 2.46. The van der Waals surface area contributed by atoms with Gasteiger partial charge in [0.05, 0.1) is 5.60 Å². The van der Waals surface area contributed by atoms with E-state index < -0.39 is 5.60 Å². The van der Waals surface area contributed by atoms with Gasteiger partial charge in [0.15, 0.2) is 0 Å². The van der Waals surface area contributed by atoms with Crippen molar-refractivity contribution in [2.24, 2.45) is 0 Å². The number of hydrogen-bond acceptors (Lipinski definition) is 2. The first-order valence-electron chi connectivity index (χ1n) is 6.36. The van der Waals surface area contributed by atoms with Crippen LogP contribution in [-0.2, 0) is 6.54 Å². The summed E-state index contributed by atoms with van der Waals surface area (Å²) in [6, 6.07) is 6.75. The zero-order chi connectivity index (χ0) is 12.1. The molecule has 0 spiro atoms. The topological polar surface area (TPSA) is 32.3 Å². The number of aliphatic hydroxyl groups is 1. The molecule has 1 aliphatic rings. The summed E-state index contributed by atoms with van der Waals surface area (Å²) in [4.78, 5) is 0. The molecule has 1 fully saturated rings. The summed E-state index contributed by atoms with van der Waals surface area (Å²) in [6.07, 6.45) is 5.12. The Morgan fingerprint density at radius 2 is 1.88 bits per heavy atom. The molecule has 1 aromatic carbocycles. The molecule has 0 aliphatic heterocycles. The summed E-state index contributed by atoms with van der Waals surface area (Å²) in [5, 5.41) is 13.4. The van der Waals surface area contributed by atoms with Gasteiger partial charge in [-0.3, -0.25) is 0 Å². The fourth-order valence-electron chi connectivity index (χ4n) is 2.46. The van der Waals surface area contributed by atoms with E-state index in [9.17, 15) is 9.50 Å². The van der Waals surface area contributed by atoms with E-state index in [4.69, 9.17) is 0 Å². The molecule has 17 heavy (non-hydrogen) atoms. The Bertz CT molecular complexity index is 361. The predicted molar refractivity (Wildman–Crippen MR) is 66.1 cm³/mol. The average Bonchev–Trinajstić information content (AvgIpc) is 2.32. The number of halogens is 1. The Morgan fingerprint density at radius 3 is 2.59 bits per heavy atom. The number of rotatable bonds is 4. The van der Waals surface area contributed by atoms with Crippen molar-refractivity contribution in [2.45, 2.75) is 44.2 Å². The largest absolute Gasteiger partial charge is 0.389 e. The van der Waals surface area contributed by atoms with Crippen molar-refractivity contribution in [1.82, 2.24) is 5.32 Å². The quantitative estimate of drug-likeness (QED) is 0.843. The second-order valence-electron chi connectivity index (χ2n) is 4.98. The van der Waals surface area contributed by atoms with Crippen LogP contribution in [0.25, 0.3) is 0 Å². The molecule has 0 atom stereocenters. The second-order valence-corrected chi connectivity index (χ2v) is 4.98. The van der Waals surface area contributed by atoms with Crippen LogP contribution in [0, 0.1) is 5.82 Å². The van der Waals surface area contributed by atoms with Crippen molar-refractivity contribution in [3.05, 3.63) is 35.6 Å². The summed E-state index contributed by atoms with van der Waals surface area (Å²) >= 11 is 0. The van der Waals surface area contributed by atoms with Gasteiger partial charge >= 0.3 is 0 Å². The third kappa shape index (κ3) is 3.51. The zero-order valence-corrected chi connectivity index (χ0v) is 10.1. The van der Waals surface area contributed by atoms with Gasteiger partial charge in [-0.2, -0.15) is 0 Å². The molecule has 2 rings (SSSR count). The Labute approximate surface area is 102 Å². The molecule has 0 radical (unpaired) electrons. The number of hydrogen-bond donors (Lipinski definition) is 2. The van der Waals surface area contributed by atoms with Gasteiger partial charge in [0.25, 0.3) is 0 Å². The van der Waals surface area contributed by atoms with Crippen molar-refractivity contribution < 1.29 is 9.50 Å². The van der Waals surface area contributed by atoms with E-state index >= 15 is 0 Å². The highest BCUT2D eigenvalue weighted by Gasteiger charge is 2.28. The minimum absolute atomic E-state index is 0.185. The standard InChI is InChI=1S/C14H20FNO/c15-13-7-3-2-6-12(13)10-16-11-14(17)8-4-1-5-9-14/h2-3,6-7,16-17H,1,4-5,8-11H2. The lowest BCUT2D eigenvalue weighted by atomic mass is 9.85. The molecule has 1 aromatic rings. The monoisotopic (exact) mass is 237 g/mol. The smallest absolute Gasteiger partial charge is 0.127 e. The van der Waals surface area contributed by atoms with Crippen LogP contribution >= 0.6 is 0 Å². The Hall–Kier alpha value is -0.930. The van der Waals surface area contributed by atoms with E-state index in [1.54, 1.807) is 12.1 Å². The van der Waals surface area contributed by atoms with Gasteiger partial charge in [0.1, 0.15) is 5.82 Å². The van der Waals surface area contributed by atoms with Gasteiger partial charge in [0.2, 0.25) is 0 Å². The lowest BCUT2D eigenvalue weighted by molar-refractivity contribution is 0.00462. The highest BCUT2D eigenvalue weighted by Crippen LogP contribution is 2.27. The summed E-state index contributed by atoms with van der Waals surface area (Å²) in [5.74, 6) is -0.185. The molecule has 0 saturated heterocycles. The summed E-state index contributed by atoms with van der Waals surface area (Å²) in [7, 11) is 0. The molecule has 2 nitrogen and oxygen atoms in total. The lowest BCUT2D eigenvalue weighted by Gasteiger charge is -2.32. The van der Waals surface area contributed by atoms with Crippen molar-refractivity contribution in [3.8, 4) is 0 Å². The third-order valence-electron chi connectivity index (χ3n) is 3.51. The Kier molecular flexibility index (Phi) is 4.13. The summed E-state index contributed by atoms with van der Waals surface area (Å²) < 4.78 is 13.3. The normalized spacial score (nSPS) is 19.2. The average molecular weight is 237 g/mol. The first kappa shape index (κ1) is 12.5. The minimum Gasteiger partial charge on any atom is -0.389 e. The predicted octanol–water partition coefficient (Wildman–Crippen LogP) is 2.61. The van der Waals surface area contributed by atoms with Crippen LogP contribution in [0.1, 0.15) is 37.7 Å². The van der Waals surface area contributed by atoms with E-state index in [0.717, 1.165) is 25.7 Å². The minimum atomic E-state index is -0.580. The molecular formula is C14H20FNO. The van der Waals surface area contributed by atoms with Gasteiger partial charge in [-0.15, -0.1) is 0 Å². The van der Waals surface area contributed by atoms with Crippen molar-refractivity contribution >= 4 is 0 Å². The molecule has 0 bridgehead atoms. The van der Waals surface area contributed by atoms with Crippen LogP contribution in [0.3, 0.4) is 0 Å². The Morgan fingerprint density at radius 1 is 1.18 bits per heavy atom.